The molecular formula is C28H33N3O4. The number of esters is 1. The molecule has 0 aliphatic heterocycles. The first-order chi connectivity index (χ1) is 16.7. The number of carbonyl (C=O) groups is 2. The summed E-state index contributed by atoms with van der Waals surface area (Å²) in [6.45, 7) is 11.8. The van der Waals surface area contributed by atoms with Crippen LogP contribution in [0.1, 0.15) is 62.7 Å². The van der Waals surface area contributed by atoms with E-state index in [1.54, 1.807) is 36.8 Å². The van der Waals surface area contributed by atoms with Crippen molar-refractivity contribution in [2.45, 2.75) is 51.6 Å². The van der Waals surface area contributed by atoms with Gasteiger partial charge in [-0.2, -0.15) is 0 Å². The first-order valence-corrected chi connectivity index (χ1v) is 11.7. The number of carbonyl (C=O) groups excluding carboxylic acids is 2. The van der Waals surface area contributed by atoms with Crippen LogP contribution in [0.5, 0.6) is 0 Å². The number of nitrogens with one attached hydrogen (secondary N) is 1. The Morgan fingerprint density at radius 2 is 2.03 bits per heavy atom. The number of pyridine rings is 2. The van der Waals surface area contributed by atoms with Crippen LogP contribution in [0, 0.1) is 5.92 Å². The summed E-state index contributed by atoms with van der Waals surface area (Å²) in [5.41, 5.74) is 3.92. The molecule has 2 aromatic rings. The van der Waals surface area contributed by atoms with Gasteiger partial charge in [-0.3, -0.25) is 19.4 Å². The average molecular weight is 476 g/mol. The summed E-state index contributed by atoms with van der Waals surface area (Å²) in [6.07, 6.45) is 9.32. The lowest BCUT2D eigenvalue weighted by Crippen LogP contribution is -2.39. The maximum atomic E-state index is 13.5. The van der Waals surface area contributed by atoms with Crippen molar-refractivity contribution in [1.29, 1.82) is 0 Å². The number of aromatic nitrogens is 2. The van der Waals surface area contributed by atoms with Crippen molar-refractivity contribution in [3.63, 3.8) is 0 Å². The number of rotatable bonds is 11. The maximum absolute atomic E-state index is 13.5. The van der Waals surface area contributed by atoms with Crippen LogP contribution >= 0.6 is 0 Å². The molecule has 0 saturated heterocycles. The van der Waals surface area contributed by atoms with E-state index in [0.717, 1.165) is 35.1 Å². The van der Waals surface area contributed by atoms with Crippen LogP contribution < -0.4 is 10.9 Å². The second-order valence-corrected chi connectivity index (χ2v) is 9.03. The lowest BCUT2D eigenvalue weighted by Gasteiger charge is -2.24. The molecule has 0 bridgehead atoms. The molecule has 1 N–H and O–H groups in total. The van der Waals surface area contributed by atoms with Gasteiger partial charge in [0.1, 0.15) is 6.04 Å². The van der Waals surface area contributed by atoms with Crippen LogP contribution in [0.3, 0.4) is 0 Å². The highest BCUT2D eigenvalue weighted by molar-refractivity contribution is 5.83. The molecule has 2 heterocycles. The van der Waals surface area contributed by atoms with E-state index in [0.29, 0.717) is 17.9 Å². The average Bonchev–Trinajstić information content (AvgIpc) is 3.66. The fourth-order valence-electron chi connectivity index (χ4n) is 4.18. The predicted octanol–water partition coefficient (Wildman–Crippen LogP) is 4.54. The summed E-state index contributed by atoms with van der Waals surface area (Å²) in [4.78, 5) is 42.6. The number of amides is 1. The van der Waals surface area contributed by atoms with Gasteiger partial charge in [0.15, 0.2) is 0 Å². The van der Waals surface area contributed by atoms with E-state index >= 15 is 0 Å². The minimum atomic E-state index is -0.682. The van der Waals surface area contributed by atoms with Crippen molar-refractivity contribution in [3.8, 4) is 0 Å². The Balaban J connectivity index is 1.97. The molecule has 7 nitrogen and oxygen atoms in total. The zero-order chi connectivity index (χ0) is 25.5. The highest BCUT2D eigenvalue weighted by Gasteiger charge is 2.32. The van der Waals surface area contributed by atoms with Gasteiger partial charge in [0, 0.05) is 30.2 Å². The third kappa shape index (κ3) is 6.66. The van der Waals surface area contributed by atoms with E-state index in [2.05, 4.69) is 23.5 Å². The maximum Gasteiger partial charge on any atom is 0.307 e. The lowest BCUT2D eigenvalue weighted by atomic mass is 9.94. The second kappa shape index (κ2) is 11.6. The van der Waals surface area contributed by atoms with Crippen LogP contribution in [0.2, 0.25) is 0 Å². The van der Waals surface area contributed by atoms with E-state index in [4.69, 9.17) is 4.74 Å². The zero-order valence-electron chi connectivity index (χ0n) is 20.6. The number of hydrogen-bond donors (Lipinski definition) is 1. The van der Waals surface area contributed by atoms with E-state index in [-0.39, 0.29) is 17.9 Å². The smallest absolute Gasteiger partial charge is 0.307 e. The molecule has 1 saturated carbocycles. The highest BCUT2D eigenvalue weighted by Crippen LogP contribution is 2.37. The van der Waals surface area contributed by atoms with Crippen LogP contribution in [-0.2, 0) is 14.3 Å². The molecular weight excluding hydrogens is 442 g/mol. The van der Waals surface area contributed by atoms with Gasteiger partial charge in [0.2, 0.25) is 5.91 Å². The van der Waals surface area contributed by atoms with Crippen LogP contribution in [0.15, 0.2) is 78.0 Å². The summed E-state index contributed by atoms with van der Waals surface area (Å²) in [6, 6.07) is 5.38. The van der Waals surface area contributed by atoms with Gasteiger partial charge in [-0.05, 0) is 55.0 Å². The molecule has 35 heavy (non-hydrogen) atoms. The van der Waals surface area contributed by atoms with Crippen molar-refractivity contribution in [2.24, 2.45) is 5.92 Å². The molecule has 0 spiro atoms. The molecule has 1 aliphatic rings. The van der Waals surface area contributed by atoms with Gasteiger partial charge in [-0.15, -0.1) is 0 Å². The summed E-state index contributed by atoms with van der Waals surface area (Å²) < 4.78 is 6.36. The van der Waals surface area contributed by atoms with Gasteiger partial charge in [-0.25, -0.2) is 0 Å². The van der Waals surface area contributed by atoms with Crippen molar-refractivity contribution < 1.29 is 14.3 Å². The normalized spacial score (nSPS) is 15.4. The van der Waals surface area contributed by atoms with Crippen molar-refractivity contribution >= 4 is 17.4 Å². The Labute approximate surface area is 206 Å². The molecule has 1 amide bonds. The van der Waals surface area contributed by atoms with Crippen molar-refractivity contribution in [1.82, 2.24) is 14.9 Å². The summed E-state index contributed by atoms with van der Waals surface area (Å²) >= 11 is 0. The van der Waals surface area contributed by atoms with E-state index in [1.807, 2.05) is 19.9 Å². The van der Waals surface area contributed by atoms with Gasteiger partial charge >= 0.3 is 5.97 Å². The Bertz CT molecular complexity index is 1210. The minimum Gasteiger partial charge on any atom is -0.469 e. The lowest BCUT2D eigenvalue weighted by molar-refractivity contribution is -0.141. The molecule has 0 aromatic carbocycles. The summed E-state index contributed by atoms with van der Waals surface area (Å²) in [5, 5.41) is 3.00. The quantitative estimate of drug-likeness (QED) is 0.381. The molecule has 1 fully saturated rings. The Morgan fingerprint density at radius 3 is 2.63 bits per heavy atom. The first-order valence-electron chi connectivity index (χ1n) is 11.7. The molecule has 184 valence electrons. The number of hydrogen-bond acceptors (Lipinski definition) is 5. The molecule has 2 aromatic heterocycles. The largest absolute Gasteiger partial charge is 0.469 e. The molecule has 3 rings (SSSR count). The Hall–Kier alpha value is -3.74. The monoisotopic (exact) mass is 475 g/mol. The third-order valence-corrected chi connectivity index (χ3v) is 6.24. The highest BCUT2D eigenvalue weighted by atomic mass is 16.5. The van der Waals surface area contributed by atoms with Crippen molar-refractivity contribution in [2.75, 3.05) is 7.11 Å². The first kappa shape index (κ1) is 25.9. The standard InChI is InChI=1S/C28H33N3O4/c1-6-19(4)27(18(2)3)22-14-21(16-29-17-22)23(15-26(33)35-5)30-28(34)24(13-20-10-11-20)31-12-8-7-9-25(31)32/h6-9,12,14,16-17,20,23-24H,1-2,10-11,13,15H2,3-5H3,(H,30,34)/b27-19+. The fourth-order valence-corrected chi connectivity index (χ4v) is 4.18. The van der Waals surface area contributed by atoms with Gasteiger partial charge in [0.25, 0.3) is 5.56 Å². The van der Waals surface area contributed by atoms with Gasteiger partial charge < -0.3 is 14.6 Å². The SMILES string of the molecule is C=C/C(C)=C(\C(=C)C)c1cncc(C(CC(=O)OC)NC(=O)C(CC2CC2)n2ccccc2=O)c1. The summed E-state index contributed by atoms with van der Waals surface area (Å²) in [7, 11) is 1.31. The Kier molecular flexibility index (Phi) is 8.58. The van der Waals surface area contributed by atoms with E-state index in [9.17, 15) is 14.4 Å². The Morgan fingerprint density at radius 1 is 1.29 bits per heavy atom. The predicted molar refractivity (Wildman–Crippen MR) is 136 cm³/mol. The fraction of sp³-hybridized carbons (Fsp3) is 0.357. The number of nitrogens with zero attached hydrogens (tertiary/aromatic N) is 2. The van der Waals surface area contributed by atoms with Crippen molar-refractivity contribution in [3.05, 3.63) is 94.7 Å². The van der Waals surface area contributed by atoms with Crippen LogP contribution in [0.4, 0.5) is 0 Å². The van der Waals surface area contributed by atoms with Gasteiger partial charge in [0.05, 0.1) is 19.6 Å². The molecule has 2 atom stereocenters. The molecule has 2 unspecified atom stereocenters. The topological polar surface area (TPSA) is 90.3 Å². The van der Waals surface area contributed by atoms with Gasteiger partial charge in [-0.1, -0.05) is 43.7 Å². The van der Waals surface area contributed by atoms with Crippen LogP contribution in [0.25, 0.3) is 5.57 Å². The number of methoxy groups -OCH3 is 1. The number of ether oxygens (including phenoxy) is 1. The molecule has 1 aliphatic carbocycles. The van der Waals surface area contributed by atoms with E-state index < -0.39 is 18.1 Å². The zero-order valence-corrected chi connectivity index (χ0v) is 20.6. The van der Waals surface area contributed by atoms with E-state index in [1.165, 1.54) is 17.7 Å². The molecule has 0 radical (unpaired) electrons. The summed E-state index contributed by atoms with van der Waals surface area (Å²) in [5.74, 6) is -0.372. The third-order valence-electron chi connectivity index (χ3n) is 6.24. The minimum absolute atomic E-state index is 0.0697. The number of allylic oxidation sites excluding steroid dienone is 4. The second-order valence-electron chi connectivity index (χ2n) is 9.03. The molecule has 7 heteroatoms. The van der Waals surface area contributed by atoms with Crippen LogP contribution in [-0.4, -0.2) is 28.5 Å².